The van der Waals surface area contributed by atoms with Gasteiger partial charge < -0.3 is 4.74 Å². The second-order valence-corrected chi connectivity index (χ2v) is 6.71. The summed E-state index contributed by atoms with van der Waals surface area (Å²) < 4.78 is 6.95. The van der Waals surface area contributed by atoms with E-state index < -0.39 is 5.25 Å². The van der Waals surface area contributed by atoms with Crippen molar-refractivity contribution in [2.75, 3.05) is 7.11 Å². The van der Waals surface area contributed by atoms with Crippen LogP contribution in [-0.4, -0.2) is 27.8 Å². The van der Waals surface area contributed by atoms with Gasteiger partial charge in [0.2, 0.25) is 0 Å². The maximum atomic E-state index is 12.3. The number of thioether (sulfide) groups is 1. The molecule has 6 heteroatoms. The molecule has 1 aromatic heterocycles. The fourth-order valence-electron chi connectivity index (χ4n) is 2.58. The van der Waals surface area contributed by atoms with Crippen molar-refractivity contribution in [2.24, 2.45) is 0 Å². The van der Waals surface area contributed by atoms with Gasteiger partial charge in [-0.2, -0.15) is 0 Å². The molecule has 0 bridgehead atoms. The monoisotopic (exact) mass is 353 g/mol. The Bertz CT molecular complexity index is 877. The lowest BCUT2D eigenvalue weighted by molar-refractivity contribution is -0.140. The number of nitrogens with zero attached hydrogens (tertiary/aromatic N) is 3. The van der Waals surface area contributed by atoms with E-state index in [1.54, 1.807) is 0 Å². The van der Waals surface area contributed by atoms with E-state index in [1.165, 1.54) is 18.9 Å². The molecular formula is C19H19N3O2S. The van der Waals surface area contributed by atoms with Crippen LogP contribution < -0.4 is 0 Å². The van der Waals surface area contributed by atoms with Gasteiger partial charge in [0.25, 0.3) is 0 Å². The van der Waals surface area contributed by atoms with Gasteiger partial charge in [0.05, 0.1) is 7.11 Å². The van der Waals surface area contributed by atoms with Crippen LogP contribution in [0.15, 0.2) is 59.8 Å². The minimum atomic E-state index is -0.502. The molecule has 128 valence electrons. The molecule has 0 radical (unpaired) electrons. The number of methoxy groups -OCH3 is 1. The maximum absolute atomic E-state index is 12.3. The van der Waals surface area contributed by atoms with Gasteiger partial charge >= 0.3 is 5.97 Å². The summed E-state index contributed by atoms with van der Waals surface area (Å²) in [5.41, 5.74) is 2.99. The van der Waals surface area contributed by atoms with E-state index in [0.717, 1.165) is 22.6 Å². The lowest BCUT2D eigenvalue weighted by Gasteiger charge is -2.15. The van der Waals surface area contributed by atoms with Crippen LogP contribution in [0.3, 0.4) is 0 Å². The molecule has 0 aliphatic heterocycles. The number of benzene rings is 2. The van der Waals surface area contributed by atoms with Crippen molar-refractivity contribution < 1.29 is 9.53 Å². The van der Waals surface area contributed by atoms with E-state index >= 15 is 0 Å². The molecule has 0 N–H and O–H groups in total. The average molecular weight is 353 g/mol. The molecule has 0 aliphatic carbocycles. The van der Waals surface area contributed by atoms with Crippen LogP contribution in [0.4, 0.5) is 0 Å². The summed E-state index contributed by atoms with van der Waals surface area (Å²) in [5.74, 6) is 0.456. The van der Waals surface area contributed by atoms with Crippen molar-refractivity contribution in [3.8, 4) is 5.69 Å². The topological polar surface area (TPSA) is 57.0 Å². The van der Waals surface area contributed by atoms with E-state index in [2.05, 4.69) is 16.3 Å². The largest absolute Gasteiger partial charge is 0.468 e. The first kappa shape index (κ1) is 17.2. The zero-order valence-corrected chi connectivity index (χ0v) is 15.2. The molecule has 3 aromatic rings. The zero-order chi connectivity index (χ0) is 17.8. The van der Waals surface area contributed by atoms with Crippen LogP contribution in [0, 0.1) is 13.8 Å². The Labute approximate surface area is 151 Å². The van der Waals surface area contributed by atoms with Crippen LogP contribution in [0.2, 0.25) is 0 Å². The van der Waals surface area contributed by atoms with Crippen molar-refractivity contribution in [2.45, 2.75) is 24.3 Å². The van der Waals surface area contributed by atoms with Gasteiger partial charge in [0.1, 0.15) is 11.1 Å². The van der Waals surface area contributed by atoms with Gasteiger partial charge in [0.15, 0.2) is 5.16 Å². The number of ether oxygens (including phenoxy) is 1. The standard InChI is InChI=1S/C19H19N3O2S/c1-13-8-7-11-16(12-13)22-14(2)20-21-19(22)25-17(18(23)24-3)15-9-5-4-6-10-15/h4-12,17H,1-3H3/t17-/m1/s1. The third-order valence-corrected chi connectivity index (χ3v) is 4.97. The van der Waals surface area contributed by atoms with Crippen molar-refractivity contribution in [1.82, 2.24) is 14.8 Å². The Morgan fingerprint density at radius 2 is 1.84 bits per heavy atom. The highest BCUT2D eigenvalue weighted by Gasteiger charge is 2.26. The van der Waals surface area contributed by atoms with E-state index in [9.17, 15) is 4.79 Å². The SMILES string of the molecule is COC(=O)[C@H](Sc1nnc(C)n1-c1cccc(C)c1)c1ccccc1. The summed E-state index contributed by atoms with van der Waals surface area (Å²) in [4.78, 5) is 12.3. The summed E-state index contributed by atoms with van der Waals surface area (Å²) in [7, 11) is 1.40. The predicted molar refractivity (Wildman–Crippen MR) is 97.9 cm³/mol. The molecule has 0 saturated carbocycles. The number of hydrogen-bond donors (Lipinski definition) is 0. The van der Waals surface area contributed by atoms with Crippen molar-refractivity contribution >= 4 is 17.7 Å². The van der Waals surface area contributed by atoms with Gasteiger partial charge in [-0.3, -0.25) is 9.36 Å². The molecule has 0 amide bonds. The minimum absolute atomic E-state index is 0.312. The summed E-state index contributed by atoms with van der Waals surface area (Å²) >= 11 is 1.34. The Balaban J connectivity index is 2.00. The number of aryl methyl sites for hydroxylation is 2. The molecule has 0 saturated heterocycles. The van der Waals surface area contributed by atoms with Crippen LogP contribution in [0.5, 0.6) is 0 Å². The van der Waals surface area contributed by atoms with Gasteiger partial charge in [-0.25, -0.2) is 0 Å². The fraction of sp³-hybridized carbons (Fsp3) is 0.211. The smallest absolute Gasteiger partial charge is 0.323 e. The van der Waals surface area contributed by atoms with Crippen LogP contribution in [0.25, 0.3) is 5.69 Å². The summed E-state index contributed by atoms with van der Waals surface area (Å²) in [6.45, 7) is 3.94. The highest BCUT2D eigenvalue weighted by atomic mass is 32.2. The molecular weight excluding hydrogens is 334 g/mol. The quantitative estimate of drug-likeness (QED) is 0.514. The molecule has 1 heterocycles. The van der Waals surface area contributed by atoms with Crippen molar-refractivity contribution in [3.05, 3.63) is 71.5 Å². The van der Waals surface area contributed by atoms with Crippen molar-refractivity contribution in [1.29, 1.82) is 0 Å². The number of aromatic nitrogens is 3. The first-order valence-electron chi connectivity index (χ1n) is 7.88. The Kier molecular flexibility index (Phi) is 5.19. The second-order valence-electron chi connectivity index (χ2n) is 5.64. The van der Waals surface area contributed by atoms with E-state index in [4.69, 9.17) is 4.74 Å². The summed E-state index contributed by atoms with van der Waals surface area (Å²) in [6.07, 6.45) is 0. The predicted octanol–water partition coefficient (Wildman–Crippen LogP) is 3.89. The molecule has 0 spiro atoms. The lowest BCUT2D eigenvalue weighted by atomic mass is 10.1. The lowest BCUT2D eigenvalue weighted by Crippen LogP contribution is -2.12. The molecule has 0 unspecified atom stereocenters. The first-order valence-corrected chi connectivity index (χ1v) is 8.76. The van der Waals surface area contributed by atoms with Gasteiger partial charge in [-0.15, -0.1) is 10.2 Å². The zero-order valence-electron chi connectivity index (χ0n) is 14.3. The number of carbonyl (C=O) groups is 1. The van der Waals surface area contributed by atoms with Crippen LogP contribution >= 0.6 is 11.8 Å². The third kappa shape index (κ3) is 3.74. The Morgan fingerprint density at radius 3 is 2.52 bits per heavy atom. The molecule has 3 rings (SSSR count). The number of carbonyl (C=O) groups excluding carboxylic acids is 1. The highest BCUT2D eigenvalue weighted by molar-refractivity contribution is 8.00. The Hall–Kier alpha value is -2.60. The van der Waals surface area contributed by atoms with Crippen LogP contribution in [0.1, 0.15) is 22.2 Å². The first-order chi connectivity index (χ1) is 12.1. The van der Waals surface area contributed by atoms with Crippen molar-refractivity contribution in [3.63, 3.8) is 0 Å². The third-order valence-electron chi connectivity index (χ3n) is 3.80. The number of esters is 1. The Morgan fingerprint density at radius 1 is 1.08 bits per heavy atom. The molecule has 1 atom stereocenters. The van der Waals surface area contributed by atoms with Crippen LogP contribution in [-0.2, 0) is 9.53 Å². The fourth-order valence-corrected chi connectivity index (χ4v) is 3.70. The average Bonchev–Trinajstić information content (AvgIpc) is 3.00. The molecule has 5 nitrogen and oxygen atoms in total. The minimum Gasteiger partial charge on any atom is -0.468 e. The highest BCUT2D eigenvalue weighted by Crippen LogP contribution is 2.36. The summed E-state index contributed by atoms with van der Waals surface area (Å²) in [5, 5.41) is 8.62. The normalized spacial score (nSPS) is 12.0. The number of rotatable bonds is 5. The number of hydrogen-bond acceptors (Lipinski definition) is 5. The van der Waals surface area contributed by atoms with E-state index in [-0.39, 0.29) is 5.97 Å². The van der Waals surface area contributed by atoms with Gasteiger partial charge in [0, 0.05) is 5.69 Å². The summed E-state index contributed by atoms with van der Waals surface area (Å²) in [6, 6.07) is 17.7. The molecule has 25 heavy (non-hydrogen) atoms. The van der Waals surface area contributed by atoms with Gasteiger partial charge in [-0.05, 0) is 37.1 Å². The van der Waals surface area contributed by atoms with E-state index in [0.29, 0.717) is 5.16 Å². The van der Waals surface area contributed by atoms with Gasteiger partial charge in [-0.1, -0.05) is 54.2 Å². The molecule has 2 aromatic carbocycles. The molecule has 0 aliphatic rings. The van der Waals surface area contributed by atoms with E-state index in [1.807, 2.05) is 66.9 Å². The second kappa shape index (κ2) is 7.53. The maximum Gasteiger partial charge on any atom is 0.323 e. The molecule has 0 fully saturated rings.